The van der Waals surface area contributed by atoms with Gasteiger partial charge < -0.3 is 10.6 Å². The number of aromatic nitrogens is 1. The highest BCUT2D eigenvalue weighted by Crippen LogP contribution is 2.32. The number of rotatable bonds is 3. The lowest BCUT2D eigenvalue weighted by atomic mass is 9.89. The molecule has 1 aromatic rings. The van der Waals surface area contributed by atoms with Gasteiger partial charge in [0.1, 0.15) is 11.5 Å². The fraction of sp³-hybridized carbons (Fsp3) is 0.643. The van der Waals surface area contributed by atoms with Crippen LogP contribution in [0.15, 0.2) is 18.2 Å². The SMILES string of the molecule is CCC1CCN(c2cccc(C(F)(F)F)n2)C(CN)C1. The summed E-state index contributed by atoms with van der Waals surface area (Å²) in [5.41, 5.74) is 4.94. The van der Waals surface area contributed by atoms with Crippen molar-refractivity contribution in [3.63, 3.8) is 0 Å². The van der Waals surface area contributed by atoms with Crippen LogP contribution in [0.4, 0.5) is 19.0 Å². The molecule has 0 saturated carbocycles. The second-order valence-corrected chi connectivity index (χ2v) is 5.26. The topological polar surface area (TPSA) is 42.2 Å². The predicted octanol–water partition coefficient (Wildman–Crippen LogP) is 3.05. The lowest BCUT2D eigenvalue weighted by Gasteiger charge is -2.39. The number of hydrogen-bond donors (Lipinski definition) is 1. The van der Waals surface area contributed by atoms with Gasteiger partial charge in [-0.3, -0.25) is 0 Å². The summed E-state index contributed by atoms with van der Waals surface area (Å²) in [7, 11) is 0. The van der Waals surface area contributed by atoms with Crippen LogP contribution in [0, 0.1) is 5.92 Å². The van der Waals surface area contributed by atoms with Crippen LogP contribution < -0.4 is 10.6 Å². The fourth-order valence-corrected chi connectivity index (χ4v) is 2.77. The van der Waals surface area contributed by atoms with Gasteiger partial charge in [0.15, 0.2) is 0 Å². The second-order valence-electron chi connectivity index (χ2n) is 5.26. The van der Waals surface area contributed by atoms with Gasteiger partial charge in [-0.05, 0) is 30.9 Å². The summed E-state index contributed by atoms with van der Waals surface area (Å²) in [5.74, 6) is 0.982. The van der Waals surface area contributed by atoms with Crippen LogP contribution in [0.2, 0.25) is 0 Å². The molecule has 0 aliphatic carbocycles. The standard InChI is InChI=1S/C14H20F3N3/c1-2-10-6-7-20(11(8-10)9-18)13-5-3-4-12(19-13)14(15,16)17/h3-5,10-11H,2,6-9,18H2,1H3. The average molecular weight is 287 g/mol. The Morgan fingerprint density at radius 3 is 2.75 bits per heavy atom. The zero-order valence-corrected chi connectivity index (χ0v) is 11.5. The van der Waals surface area contributed by atoms with Gasteiger partial charge in [0, 0.05) is 19.1 Å². The molecule has 2 N–H and O–H groups in total. The summed E-state index contributed by atoms with van der Waals surface area (Å²) in [5, 5.41) is 0. The van der Waals surface area contributed by atoms with Gasteiger partial charge in [-0.15, -0.1) is 0 Å². The van der Waals surface area contributed by atoms with E-state index in [9.17, 15) is 13.2 Å². The maximum Gasteiger partial charge on any atom is 0.433 e. The average Bonchev–Trinajstić information content (AvgIpc) is 2.45. The van der Waals surface area contributed by atoms with Crippen molar-refractivity contribution >= 4 is 5.82 Å². The first-order valence-electron chi connectivity index (χ1n) is 6.96. The predicted molar refractivity (Wildman–Crippen MR) is 72.4 cm³/mol. The van der Waals surface area contributed by atoms with Crippen molar-refractivity contribution in [1.29, 1.82) is 0 Å². The highest BCUT2D eigenvalue weighted by molar-refractivity contribution is 5.41. The molecule has 2 atom stereocenters. The molecule has 2 heterocycles. The number of anilines is 1. The van der Waals surface area contributed by atoms with Gasteiger partial charge in [0.2, 0.25) is 0 Å². The highest BCUT2D eigenvalue weighted by Gasteiger charge is 2.34. The van der Waals surface area contributed by atoms with E-state index in [-0.39, 0.29) is 6.04 Å². The maximum absolute atomic E-state index is 12.7. The van der Waals surface area contributed by atoms with E-state index in [4.69, 9.17) is 5.73 Å². The molecule has 1 aromatic heterocycles. The van der Waals surface area contributed by atoms with Crippen LogP contribution in [-0.4, -0.2) is 24.1 Å². The van der Waals surface area contributed by atoms with Gasteiger partial charge in [-0.1, -0.05) is 19.4 Å². The molecule has 2 unspecified atom stereocenters. The van der Waals surface area contributed by atoms with E-state index in [1.54, 1.807) is 6.07 Å². The molecule has 6 heteroatoms. The third-order valence-corrected chi connectivity index (χ3v) is 3.99. The zero-order valence-electron chi connectivity index (χ0n) is 11.5. The molecule has 2 rings (SSSR count). The van der Waals surface area contributed by atoms with Crippen LogP contribution in [-0.2, 0) is 6.18 Å². The fourth-order valence-electron chi connectivity index (χ4n) is 2.77. The van der Waals surface area contributed by atoms with Crippen LogP contribution in [0.5, 0.6) is 0 Å². The van der Waals surface area contributed by atoms with Crippen molar-refractivity contribution in [2.45, 2.75) is 38.4 Å². The van der Waals surface area contributed by atoms with Crippen molar-refractivity contribution in [3.05, 3.63) is 23.9 Å². The molecule has 112 valence electrons. The second kappa shape index (κ2) is 5.99. The first-order chi connectivity index (χ1) is 9.45. The molecule has 0 bridgehead atoms. The highest BCUT2D eigenvalue weighted by atomic mass is 19.4. The first kappa shape index (κ1) is 15.1. The molecular formula is C14H20F3N3. The van der Waals surface area contributed by atoms with E-state index in [0.29, 0.717) is 24.8 Å². The number of alkyl halides is 3. The number of pyridine rings is 1. The quantitative estimate of drug-likeness (QED) is 0.929. The maximum atomic E-state index is 12.7. The number of piperidine rings is 1. The van der Waals surface area contributed by atoms with Gasteiger partial charge in [-0.25, -0.2) is 4.98 Å². The molecular weight excluding hydrogens is 267 g/mol. The van der Waals surface area contributed by atoms with Crippen LogP contribution >= 0.6 is 0 Å². The van der Waals surface area contributed by atoms with Crippen molar-refractivity contribution < 1.29 is 13.2 Å². The largest absolute Gasteiger partial charge is 0.433 e. The Morgan fingerprint density at radius 2 is 2.15 bits per heavy atom. The van der Waals surface area contributed by atoms with Gasteiger partial charge in [-0.2, -0.15) is 13.2 Å². The normalized spacial score (nSPS) is 23.9. The monoisotopic (exact) mass is 287 g/mol. The third-order valence-electron chi connectivity index (χ3n) is 3.99. The summed E-state index contributed by atoms with van der Waals surface area (Å²) in [4.78, 5) is 5.68. The molecule has 1 fully saturated rings. The molecule has 0 spiro atoms. The van der Waals surface area contributed by atoms with Crippen LogP contribution in [0.3, 0.4) is 0 Å². The van der Waals surface area contributed by atoms with E-state index in [0.717, 1.165) is 25.3 Å². The van der Waals surface area contributed by atoms with E-state index in [1.165, 1.54) is 6.07 Å². The summed E-state index contributed by atoms with van der Waals surface area (Å²) >= 11 is 0. The smallest absolute Gasteiger partial charge is 0.352 e. The first-order valence-corrected chi connectivity index (χ1v) is 6.96. The molecule has 0 radical (unpaired) electrons. The number of hydrogen-bond acceptors (Lipinski definition) is 3. The zero-order chi connectivity index (χ0) is 14.8. The summed E-state index contributed by atoms with van der Waals surface area (Å²) in [6, 6.07) is 4.11. The Hall–Kier alpha value is -1.30. The molecule has 0 amide bonds. The summed E-state index contributed by atoms with van der Waals surface area (Å²) < 4.78 is 38.2. The molecule has 1 saturated heterocycles. The third kappa shape index (κ3) is 3.23. The van der Waals surface area contributed by atoms with Gasteiger partial charge in [0.25, 0.3) is 0 Å². The Balaban J connectivity index is 2.22. The molecule has 3 nitrogen and oxygen atoms in total. The van der Waals surface area contributed by atoms with E-state index >= 15 is 0 Å². The van der Waals surface area contributed by atoms with E-state index in [2.05, 4.69) is 11.9 Å². The Bertz CT molecular complexity index is 448. The van der Waals surface area contributed by atoms with E-state index < -0.39 is 11.9 Å². The van der Waals surface area contributed by atoms with Gasteiger partial charge >= 0.3 is 6.18 Å². The Morgan fingerprint density at radius 1 is 1.40 bits per heavy atom. The minimum atomic E-state index is -4.41. The van der Waals surface area contributed by atoms with Crippen molar-refractivity contribution in [1.82, 2.24) is 4.98 Å². The van der Waals surface area contributed by atoms with Gasteiger partial charge in [0.05, 0.1) is 0 Å². The Labute approximate surface area is 117 Å². The molecule has 1 aliphatic rings. The number of nitrogens with zero attached hydrogens (tertiary/aromatic N) is 2. The van der Waals surface area contributed by atoms with Crippen molar-refractivity contribution in [2.75, 3.05) is 18.0 Å². The lowest BCUT2D eigenvalue weighted by molar-refractivity contribution is -0.141. The molecule has 20 heavy (non-hydrogen) atoms. The molecule has 0 aromatic carbocycles. The van der Waals surface area contributed by atoms with Crippen LogP contribution in [0.1, 0.15) is 31.9 Å². The minimum Gasteiger partial charge on any atom is -0.352 e. The number of halogens is 3. The summed E-state index contributed by atoms with van der Waals surface area (Å²) in [6.45, 7) is 3.29. The molecule has 1 aliphatic heterocycles. The number of nitrogens with two attached hydrogens (primary N) is 1. The Kier molecular flexibility index (Phi) is 4.52. The van der Waals surface area contributed by atoms with E-state index in [1.807, 2.05) is 4.90 Å². The lowest BCUT2D eigenvalue weighted by Crippen LogP contribution is -2.47. The van der Waals surface area contributed by atoms with Crippen molar-refractivity contribution in [3.8, 4) is 0 Å². The van der Waals surface area contributed by atoms with Crippen molar-refractivity contribution in [2.24, 2.45) is 11.7 Å². The minimum absolute atomic E-state index is 0.0738. The van der Waals surface area contributed by atoms with Crippen LogP contribution in [0.25, 0.3) is 0 Å². The summed E-state index contributed by atoms with van der Waals surface area (Å²) in [6.07, 6.45) is -1.42.